The second-order valence-electron chi connectivity index (χ2n) is 6.46. The molecular weight excluding hydrogens is 327 g/mol. The summed E-state index contributed by atoms with van der Waals surface area (Å²) >= 11 is 0. The Kier molecular flexibility index (Phi) is 5.17. The van der Waals surface area contributed by atoms with Crippen molar-refractivity contribution < 1.29 is 13.9 Å². The molecule has 26 heavy (non-hydrogen) atoms. The number of halogens is 1. The largest absolute Gasteiger partial charge is 0.483 e. The lowest BCUT2D eigenvalue weighted by Gasteiger charge is -2.12. The number of benzene rings is 3. The highest BCUT2D eigenvalue weighted by molar-refractivity contribution is 5.80. The maximum absolute atomic E-state index is 14.6. The van der Waals surface area contributed by atoms with E-state index in [9.17, 15) is 9.18 Å². The molecule has 1 unspecified atom stereocenters. The van der Waals surface area contributed by atoms with Crippen LogP contribution in [0.1, 0.15) is 19.4 Å². The first-order valence-corrected chi connectivity index (χ1v) is 8.58. The zero-order valence-corrected chi connectivity index (χ0v) is 15.1. The Labute approximate surface area is 153 Å². The average molecular weight is 348 g/mol. The van der Waals surface area contributed by atoms with Crippen molar-refractivity contribution in [2.24, 2.45) is 0 Å². The Balaban J connectivity index is 1.83. The van der Waals surface area contributed by atoms with Crippen LogP contribution in [0.5, 0.6) is 5.75 Å². The summed E-state index contributed by atoms with van der Waals surface area (Å²) in [7, 11) is 0. The minimum Gasteiger partial charge on any atom is -0.483 e. The number of ether oxygens (including phenoxy) is 1. The predicted octanol–water partition coefficient (Wildman–Crippen LogP) is 5.82. The third-order valence-electron chi connectivity index (χ3n) is 4.40. The summed E-state index contributed by atoms with van der Waals surface area (Å²) in [5, 5.41) is 0. The molecule has 3 rings (SSSR count). The number of ketones is 1. The molecule has 0 aromatic heterocycles. The van der Waals surface area contributed by atoms with Gasteiger partial charge in [0.2, 0.25) is 0 Å². The van der Waals surface area contributed by atoms with E-state index in [-0.39, 0.29) is 11.6 Å². The van der Waals surface area contributed by atoms with Crippen LogP contribution < -0.4 is 4.74 Å². The first-order chi connectivity index (χ1) is 12.4. The summed E-state index contributed by atoms with van der Waals surface area (Å²) in [6.45, 7) is 5.22. The molecule has 0 saturated carbocycles. The average Bonchev–Trinajstić information content (AvgIpc) is 2.63. The number of hydrogen-bond donors (Lipinski definition) is 0. The zero-order chi connectivity index (χ0) is 18.7. The Bertz CT molecular complexity index is 912. The molecule has 132 valence electrons. The summed E-state index contributed by atoms with van der Waals surface area (Å²) < 4.78 is 20.2. The van der Waals surface area contributed by atoms with Crippen LogP contribution in [-0.4, -0.2) is 11.9 Å². The van der Waals surface area contributed by atoms with Crippen molar-refractivity contribution in [3.63, 3.8) is 0 Å². The third kappa shape index (κ3) is 3.99. The van der Waals surface area contributed by atoms with Gasteiger partial charge in [-0.25, -0.2) is 4.39 Å². The van der Waals surface area contributed by atoms with E-state index in [4.69, 9.17) is 4.74 Å². The van der Waals surface area contributed by atoms with Crippen molar-refractivity contribution >= 4 is 5.78 Å². The van der Waals surface area contributed by atoms with E-state index in [1.807, 2.05) is 37.3 Å². The molecule has 3 aromatic rings. The summed E-state index contributed by atoms with van der Waals surface area (Å²) in [5.41, 5.74) is 4.31. The molecular formula is C23H21FO2. The second kappa shape index (κ2) is 7.52. The molecule has 0 radical (unpaired) electrons. The van der Waals surface area contributed by atoms with Crippen LogP contribution in [0, 0.1) is 12.7 Å². The van der Waals surface area contributed by atoms with Gasteiger partial charge in [-0.1, -0.05) is 54.1 Å². The van der Waals surface area contributed by atoms with Crippen LogP contribution in [0.4, 0.5) is 4.39 Å². The second-order valence-corrected chi connectivity index (χ2v) is 6.46. The van der Waals surface area contributed by atoms with E-state index in [1.54, 1.807) is 43.3 Å². The fraction of sp³-hybridized carbons (Fsp3) is 0.174. The van der Waals surface area contributed by atoms with E-state index in [2.05, 4.69) is 0 Å². The van der Waals surface area contributed by atoms with Gasteiger partial charge >= 0.3 is 0 Å². The lowest BCUT2D eigenvalue weighted by molar-refractivity contribution is -0.122. The van der Waals surface area contributed by atoms with Gasteiger partial charge in [0.15, 0.2) is 11.9 Å². The Morgan fingerprint density at radius 2 is 1.46 bits per heavy atom. The van der Waals surface area contributed by atoms with Gasteiger partial charge in [0.1, 0.15) is 11.6 Å². The van der Waals surface area contributed by atoms with E-state index in [1.165, 1.54) is 12.5 Å². The van der Waals surface area contributed by atoms with Gasteiger partial charge in [-0.2, -0.15) is 0 Å². The molecule has 1 atom stereocenters. The van der Waals surface area contributed by atoms with Crippen molar-refractivity contribution in [3.8, 4) is 28.0 Å². The van der Waals surface area contributed by atoms with Crippen molar-refractivity contribution in [2.45, 2.75) is 26.9 Å². The van der Waals surface area contributed by atoms with Crippen molar-refractivity contribution in [1.82, 2.24) is 0 Å². The molecule has 3 heteroatoms. The van der Waals surface area contributed by atoms with Gasteiger partial charge in [0.25, 0.3) is 0 Å². The lowest BCUT2D eigenvalue weighted by Crippen LogP contribution is -2.20. The Morgan fingerprint density at radius 1 is 0.885 bits per heavy atom. The standard InChI is InChI=1S/C23H21FO2/c1-15-4-6-18(7-5-15)20-10-13-22(23(24)14-20)19-8-11-21(12-9-19)26-17(3)16(2)25/h4-14,17H,1-3H3. The van der Waals surface area contributed by atoms with Crippen LogP contribution >= 0.6 is 0 Å². The molecule has 0 spiro atoms. The smallest absolute Gasteiger partial charge is 0.169 e. The molecule has 0 aliphatic carbocycles. The minimum absolute atomic E-state index is 0.0354. The van der Waals surface area contributed by atoms with Crippen molar-refractivity contribution in [2.75, 3.05) is 0 Å². The van der Waals surface area contributed by atoms with Gasteiger partial charge in [-0.3, -0.25) is 4.79 Å². The van der Waals surface area contributed by atoms with Gasteiger partial charge in [0.05, 0.1) is 0 Å². The Hall–Kier alpha value is -2.94. The summed E-state index contributed by atoms with van der Waals surface area (Å²) in [6.07, 6.45) is -0.494. The molecule has 0 heterocycles. The molecule has 0 amide bonds. The fourth-order valence-electron chi connectivity index (χ4n) is 2.67. The molecule has 3 aromatic carbocycles. The summed E-state index contributed by atoms with van der Waals surface area (Å²) in [5.74, 6) is 0.286. The molecule has 0 fully saturated rings. The fourth-order valence-corrected chi connectivity index (χ4v) is 2.67. The van der Waals surface area contributed by atoms with Crippen LogP contribution in [0.3, 0.4) is 0 Å². The number of carbonyl (C=O) groups excluding carboxylic acids is 1. The highest BCUT2D eigenvalue weighted by atomic mass is 19.1. The van der Waals surface area contributed by atoms with E-state index >= 15 is 0 Å². The number of aryl methyl sites for hydroxylation is 1. The normalized spacial score (nSPS) is 11.8. The van der Waals surface area contributed by atoms with E-state index < -0.39 is 6.10 Å². The van der Waals surface area contributed by atoms with Crippen LogP contribution in [0.2, 0.25) is 0 Å². The SMILES string of the molecule is CC(=O)C(C)Oc1ccc(-c2ccc(-c3ccc(C)cc3)cc2F)cc1. The molecule has 0 aliphatic heterocycles. The predicted molar refractivity (Wildman–Crippen MR) is 103 cm³/mol. The quantitative estimate of drug-likeness (QED) is 0.580. The minimum atomic E-state index is -0.494. The summed E-state index contributed by atoms with van der Waals surface area (Å²) in [4.78, 5) is 11.3. The topological polar surface area (TPSA) is 26.3 Å². The van der Waals surface area contributed by atoms with E-state index in [0.29, 0.717) is 11.3 Å². The molecule has 0 saturated heterocycles. The monoisotopic (exact) mass is 348 g/mol. The lowest BCUT2D eigenvalue weighted by atomic mass is 9.99. The molecule has 0 bridgehead atoms. The van der Waals surface area contributed by atoms with Crippen LogP contribution in [0.15, 0.2) is 66.7 Å². The van der Waals surface area contributed by atoms with Crippen LogP contribution in [0.25, 0.3) is 22.3 Å². The molecule has 0 N–H and O–H groups in total. The number of hydrogen-bond acceptors (Lipinski definition) is 2. The highest BCUT2D eigenvalue weighted by Crippen LogP contribution is 2.29. The molecule has 0 aliphatic rings. The van der Waals surface area contributed by atoms with Crippen molar-refractivity contribution in [3.05, 3.63) is 78.1 Å². The van der Waals surface area contributed by atoms with Crippen molar-refractivity contribution in [1.29, 1.82) is 0 Å². The van der Waals surface area contributed by atoms with Crippen LogP contribution in [-0.2, 0) is 4.79 Å². The first kappa shape index (κ1) is 17.9. The van der Waals surface area contributed by atoms with E-state index in [0.717, 1.165) is 16.7 Å². The van der Waals surface area contributed by atoms with Gasteiger partial charge in [-0.05, 0) is 55.7 Å². The number of rotatable bonds is 5. The zero-order valence-electron chi connectivity index (χ0n) is 15.1. The van der Waals surface area contributed by atoms with Gasteiger partial charge < -0.3 is 4.74 Å². The Morgan fingerprint density at radius 3 is 2.04 bits per heavy atom. The number of Topliss-reactive ketones (excluding diaryl/α,β-unsaturated/α-hetero) is 1. The highest BCUT2D eigenvalue weighted by Gasteiger charge is 2.11. The molecule has 2 nitrogen and oxygen atoms in total. The first-order valence-electron chi connectivity index (χ1n) is 8.58. The number of carbonyl (C=O) groups is 1. The maximum atomic E-state index is 14.6. The third-order valence-corrected chi connectivity index (χ3v) is 4.40. The summed E-state index contributed by atoms with van der Waals surface area (Å²) in [6, 6.07) is 20.4. The van der Waals surface area contributed by atoms with Gasteiger partial charge in [-0.15, -0.1) is 0 Å². The maximum Gasteiger partial charge on any atom is 0.169 e. The van der Waals surface area contributed by atoms with Gasteiger partial charge in [0, 0.05) is 5.56 Å².